The first kappa shape index (κ1) is 39.0. The second-order valence-electron chi connectivity index (χ2n) is 18.1. The van der Waals surface area contributed by atoms with Crippen LogP contribution in [0, 0.1) is 0 Å². The van der Waals surface area contributed by atoms with Crippen LogP contribution in [0.4, 0.5) is 0 Å². The van der Waals surface area contributed by atoms with Crippen molar-refractivity contribution >= 4 is 65.4 Å². The van der Waals surface area contributed by atoms with Gasteiger partial charge in [-0.05, 0) is 123 Å². The molecule has 0 aliphatic heterocycles. The van der Waals surface area contributed by atoms with Crippen LogP contribution in [0.1, 0.15) is 0 Å². The number of rotatable bonds is 7. The molecule has 3 heterocycles. The lowest BCUT2D eigenvalue weighted by molar-refractivity contribution is 1.14. The summed E-state index contributed by atoms with van der Waals surface area (Å²) in [6, 6.07) is 95.5. The Morgan fingerprint density at radius 1 is 0.188 bits per heavy atom. The maximum absolute atomic E-state index is 2.46. The molecule has 0 saturated heterocycles. The van der Waals surface area contributed by atoms with Crippen molar-refractivity contribution in [2.24, 2.45) is 0 Å². The lowest BCUT2D eigenvalue weighted by Gasteiger charge is -2.20. The highest BCUT2D eigenvalue weighted by molar-refractivity contribution is 6.13. The quantitative estimate of drug-likeness (QED) is 0.152. The molecule has 0 saturated carbocycles. The fraction of sp³-hybridized carbons (Fsp3) is 0. The SMILES string of the molecule is c1ccc(-c2cc(-n3c4ccccc4c4cc(-c5ccc6c7ccccc7n(-c7ccc(-n8c9ccccc9c9ccccc98)cc7)c6c5)ccc43)cc(-c3ccccc3)c2-c2ccccc2)cc1. The first-order valence-corrected chi connectivity index (χ1v) is 23.8. The highest BCUT2D eigenvalue weighted by atomic mass is 15.0. The van der Waals surface area contributed by atoms with Crippen LogP contribution in [-0.2, 0) is 0 Å². The fourth-order valence-corrected chi connectivity index (χ4v) is 11.2. The Kier molecular flexibility index (Phi) is 8.90. The van der Waals surface area contributed by atoms with Crippen LogP contribution in [0.2, 0.25) is 0 Å². The predicted octanol–water partition coefficient (Wildman–Crippen LogP) is 17.6. The van der Waals surface area contributed by atoms with E-state index in [1.165, 1.54) is 110 Å². The average molecular weight is 878 g/mol. The third kappa shape index (κ3) is 6.21. The lowest BCUT2D eigenvalue weighted by Crippen LogP contribution is -1.99. The normalized spacial score (nSPS) is 11.8. The number of nitrogens with zero attached hydrogens (tertiary/aromatic N) is 3. The molecule has 0 radical (unpaired) electrons. The van der Waals surface area contributed by atoms with Crippen molar-refractivity contribution in [1.82, 2.24) is 13.7 Å². The largest absolute Gasteiger partial charge is 0.309 e. The molecule has 0 amide bonds. The van der Waals surface area contributed by atoms with E-state index in [4.69, 9.17) is 0 Å². The van der Waals surface area contributed by atoms with Gasteiger partial charge in [-0.2, -0.15) is 0 Å². The fourth-order valence-electron chi connectivity index (χ4n) is 11.2. The van der Waals surface area contributed by atoms with Crippen LogP contribution in [0.25, 0.3) is 127 Å². The molecule has 14 aromatic rings. The topological polar surface area (TPSA) is 14.8 Å². The number of benzene rings is 11. The Hall–Kier alpha value is -9.18. The molecule has 0 aliphatic rings. The summed E-state index contributed by atoms with van der Waals surface area (Å²) in [5, 5.41) is 7.46. The summed E-state index contributed by atoms with van der Waals surface area (Å²) >= 11 is 0. The summed E-state index contributed by atoms with van der Waals surface area (Å²) in [7, 11) is 0. The second-order valence-corrected chi connectivity index (χ2v) is 18.1. The minimum Gasteiger partial charge on any atom is -0.309 e. The molecule has 3 heteroatoms. The molecule has 0 bridgehead atoms. The summed E-state index contributed by atoms with van der Waals surface area (Å²) in [5.74, 6) is 0. The predicted molar refractivity (Wildman–Crippen MR) is 291 cm³/mol. The Labute approximate surface area is 399 Å². The van der Waals surface area contributed by atoms with Gasteiger partial charge < -0.3 is 13.7 Å². The first-order chi connectivity index (χ1) is 34.2. The van der Waals surface area contributed by atoms with E-state index in [2.05, 4.69) is 275 Å². The Bertz CT molecular complexity index is 4150. The van der Waals surface area contributed by atoms with E-state index < -0.39 is 0 Å². The number of hydrogen-bond donors (Lipinski definition) is 0. The van der Waals surface area contributed by atoms with Crippen LogP contribution < -0.4 is 0 Å². The van der Waals surface area contributed by atoms with Gasteiger partial charge in [0.2, 0.25) is 0 Å². The Balaban J connectivity index is 0.932. The molecule has 0 spiro atoms. The zero-order valence-corrected chi connectivity index (χ0v) is 37.7. The van der Waals surface area contributed by atoms with Gasteiger partial charge in [0.25, 0.3) is 0 Å². The molecule has 69 heavy (non-hydrogen) atoms. The number of aromatic nitrogens is 3. The van der Waals surface area contributed by atoms with Crippen molar-refractivity contribution in [2.45, 2.75) is 0 Å². The maximum atomic E-state index is 2.46. The molecular weight excluding hydrogens is 835 g/mol. The van der Waals surface area contributed by atoms with Crippen molar-refractivity contribution in [1.29, 1.82) is 0 Å². The summed E-state index contributed by atoms with van der Waals surface area (Å²) < 4.78 is 7.28. The Morgan fingerprint density at radius 3 is 1.03 bits per heavy atom. The van der Waals surface area contributed by atoms with Crippen LogP contribution in [0.3, 0.4) is 0 Å². The van der Waals surface area contributed by atoms with Gasteiger partial charge in [-0.3, -0.25) is 0 Å². The molecule has 0 unspecified atom stereocenters. The van der Waals surface area contributed by atoms with Crippen LogP contribution >= 0.6 is 0 Å². The van der Waals surface area contributed by atoms with E-state index in [0.717, 1.165) is 17.1 Å². The zero-order valence-electron chi connectivity index (χ0n) is 37.7. The molecule has 322 valence electrons. The van der Waals surface area contributed by atoms with E-state index >= 15 is 0 Å². The summed E-state index contributed by atoms with van der Waals surface area (Å²) in [6.07, 6.45) is 0. The number of para-hydroxylation sites is 4. The molecule has 3 aromatic heterocycles. The van der Waals surface area contributed by atoms with Crippen molar-refractivity contribution in [3.63, 3.8) is 0 Å². The summed E-state index contributed by atoms with van der Waals surface area (Å²) in [5.41, 5.74) is 20.1. The smallest absolute Gasteiger partial charge is 0.0547 e. The van der Waals surface area contributed by atoms with Crippen LogP contribution in [0.5, 0.6) is 0 Å². The van der Waals surface area contributed by atoms with Gasteiger partial charge in [-0.15, -0.1) is 0 Å². The monoisotopic (exact) mass is 877 g/mol. The van der Waals surface area contributed by atoms with E-state index in [1.807, 2.05) is 0 Å². The molecule has 0 fully saturated rings. The van der Waals surface area contributed by atoms with Gasteiger partial charge in [0.1, 0.15) is 0 Å². The minimum atomic E-state index is 1.13. The molecule has 0 N–H and O–H groups in total. The third-order valence-corrected chi connectivity index (χ3v) is 14.2. The van der Waals surface area contributed by atoms with E-state index in [-0.39, 0.29) is 0 Å². The van der Waals surface area contributed by atoms with Crippen molar-refractivity contribution in [3.05, 3.63) is 261 Å². The first-order valence-electron chi connectivity index (χ1n) is 23.8. The standard InChI is InChI=1S/C66H43N3/c1-4-18-44(19-5-1)57-42-51(43-58(45-20-6-2-7-21-45)66(57)46-22-8-3-9-23-46)69-63-31-17-13-27-55(63)59-40-47(33-39-64(59)69)48-32-38-56-54-26-12-16-30-62(54)68(65(56)41-48)50-36-34-49(35-37-50)67-60-28-14-10-24-52(60)53-25-11-15-29-61(53)67/h1-43H. The van der Waals surface area contributed by atoms with Crippen LogP contribution in [0.15, 0.2) is 261 Å². The van der Waals surface area contributed by atoms with Crippen molar-refractivity contribution in [2.75, 3.05) is 0 Å². The molecule has 0 atom stereocenters. The summed E-state index contributed by atoms with van der Waals surface area (Å²) in [4.78, 5) is 0. The van der Waals surface area contributed by atoms with Gasteiger partial charge in [-0.25, -0.2) is 0 Å². The zero-order chi connectivity index (χ0) is 45.4. The van der Waals surface area contributed by atoms with Gasteiger partial charge >= 0.3 is 0 Å². The molecular formula is C66H43N3. The average Bonchev–Trinajstić information content (AvgIpc) is 4.07. The van der Waals surface area contributed by atoms with E-state index in [1.54, 1.807) is 0 Å². The van der Waals surface area contributed by atoms with Gasteiger partial charge in [0.05, 0.1) is 33.1 Å². The highest BCUT2D eigenvalue weighted by Gasteiger charge is 2.21. The maximum Gasteiger partial charge on any atom is 0.0547 e. The molecule has 3 nitrogen and oxygen atoms in total. The van der Waals surface area contributed by atoms with Crippen molar-refractivity contribution in [3.8, 4) is 61.6 Å². The molecule has 11 aromatic carbocycles. The second kappa shape index (κ2) is 15.7. The van der Waals surface area contributed by atoms with Gasteiger partial charge in [0, 0.05) is 49.4 Å². The minimum absolute atomic E-state index is 1.13. The lowest BCUT2D eigenvalue weighted by atomic mass is 9.87. The Morgan fingerprint density at radius 2 is 0.536 bits per heavy atom. The third-order valence-electron chi connectivity index (χ3n) is 14.2. The number of fused-ring (bicyclic) bond motifs is 9. The molecule has 0 aliphatic carbocycles. The highest BCUT2D eigenvalue weighted by Crippen LogP contribution is 2.45. The van der Waals surface area contributed by atoms with Gasteiger partial charge in [-0.1, -0.05) is 182 Å². The molecule has 14 rings (SSSR count). The number of hydrogen-bond acceptors (Lipinski definition) is 0. The van der Waals surface area contributed by atoms with Crippen molar-refractivity contribution < 1.29 is 0 Å². The van der Waals surface area contributed by atoms with Gasteiger partial charge in [0.15, 0.2) is 0 Å². The van der Waals surface area contributed by atoms with E-state index in [9.17, 15) is 0 Å². The van der Waals surface area contributed by atoms with Crippen LogP contribution in [-0.4, -0.2) is 13.7 Å². The summed E-state index contributed by atoms with van der Waals surface area (Å²) in [6.45, 7) is 0. The van der Waals surface area contributed by atoms with E-state index in [0.29, 0.717) is 0 Å².